The zero-order chi connectivity index (χ0) is 17.7. The van der Waals surface area contributed by atoms with Gasteiger partial charge >= 0.3 is 0 Å². The number of anilines is 1. The Morgan fingerprint density at radius 1 is 1.38 bits per heavy atom. The molecule has 1 saturated heterocycles. The van der Waals surface area contributed by atoms with Gasteiger partial charge < -0.3 is 10.1 Å². The average Bonchev–Trinajstić information content (AvgIpc) is 3.03. The van der Waals surface area contributed by atoms with Crippen molar-refractivity contribution in [3.63, 3.8) is 0 Å². The zero-order valence-corrected chi connectivity index (χ0v) is 15.3. The molecule has 0 aromatic heterocycles. The highest BCUT2D eigenvalue weighted by atomic mass is 32.2. The van der Waals surface area contributed by atoms with Crippen molar-refractivity contribution >= 4 is 21.6 Å². The van der Waals surface area contributed by atoms with E-state index in [-0.39, 0.29) is 12.0 Å². The first-order valence-electron chi connectivity index (χ1n) is 8.28. The molecule has 1 aromatic carbocycles. The van der Waals surface area contributed by atoms with Crippen molar-refractivity contribution in [2.24, 2.45) is 0 Å². The molecular formula is C17H26N2O4S. The summed E-state index contributed by atoms with van der Waals surface area (Å²) in [4.78, 5) is 12.6. The number of benzene rings is 1. The minimum absolute atomic E-state index is 0.0255. The van der Waals surface area contributed by atoms with E-state index in [1.807, 2.05) is 26.0 Å². The Morgan fingerprint density at radius 3 is 2.54 bits per heavy atom. The highest BCUT2D eigenvalue weighted by molar-refractivity contribution is 7.92. The summed E-state index contributed by atoms with van der Waals surface area (Å²) >= 11 is 0. The molecule has 2 atom stereocenters. The predicted octanol–water partition coefficient (Wildman–Crippen LogP) is 1.83. The van der Waals surface area contributed by atoms with E-state index >= 15 is 0 Å². The Hall–Kier alpha value is -1.60. The van der Waals surface area contributed by atoms with Gasteiger partial charge in [-0.25, -0.2) is 8.42 Å². The van der Waals surface area contributed by atoms with Crippen LogP contribution < -0.4 is 9.62 Å². The van der Waals surface area contributed by atoms with E-state index in [1.54, 1.807) is 12.1 Å². The van der Waals surface area contributed by atoms with Crippen LogP contribution in [0.3, 0.4) is 0 Å². The first kappa shape index (κ1) is 18.7. The van der Waals surface area contributed by atoms with E-state index in [2.05, 4.69) is 5.32 Å². The standard InChI is InChI=1S/C17H26N2O4S/c1-4-16(17(20)18-12-15-6-5-11-23-15)19(24(3,21)22)14-9-7-13(2)8-10-14/h7-10,15-16H,4-6,11-12H2,1-3H3,(H,18,20). The number of rotatable bonds is 7. The van der Waals surface area contributed by atoms with Crippen LogP contribution in [0.5, 0.6) is 0 Å². The number of nitrogens with zero attached hydrogens (tertiary/aromatic N) is 1. The average molecular weight is 354 g/mol. The smallest absolute Gasteiger partial charge is 0.243 e. The molecule has 0 radical (unpaired) electrons. The maximum Gasteiger partial charge on any atom is 0.243 e. The molecule has 1 fully saturated rings. The predicted molar refractivity (Wildman–Crippen MR) is 94.6 cm³/mol. The molecule has 0 spiro atoms. The van der Waals surface area contributed by atoms with Gasteiger partial charge in [0, 0.05) is 13.2 Å². The summed E-state index contributed by atoms with van der Waals surface area (Å²) in [7, 11) is -3.58. The second-order valence-electron chi connectivity index (χ2n) is 6.20. The fraction of sp³-hybridized carbons (Fsp3) is 0.588. The van der Waals surface area contributed by atoms with Crippen LogP contribution in [0, 0.1) is 6.92 Å². The van der Waals surface area contributed by atoms with E-state index in [4.69, 9.17) is 4.74 Å². The lowest BCUT2D eigenvalue weighted by atomic mass is 10.1. The van der Waals surface area contributed by atoms with E-state index in [0.29, 0.717) is 18.7 Å². The molecule has 0 aliphatic carbocycles. The summed E-state index contributed by atoms with van der Waals surface area (Å²) in [5.41, 5.74) is 1.53. The zero-order valence-electron chi connectivity index (χ0n) is 14.5. The number of amides is 1. The Balaban J connectivity index is 2.18. The van der Waals surface area contributed by atoms with E-state index < -0.39 is 16.1 Å². The van der Waals surface area contributed by atoms with Crippen molar-refractivity contribution in [1.82, 2.24) is 5.32 Å². The van der Waals surface area contributed by atoms with Gasteiger partial charge in [-0.2, -0.15) is 0 Å². The second kappa shape index (κ2) is 7.98. The number of ether oxygens (including phenoxy) is 1. The third kappa shape index (κ3) is 4.70. The normalized spacial score (nSPS) is 19.0. The highest BCUT2D eigenvalue weighted by Gasteiger charge is 2.31. The summed E-state index contributed by atoms with van der Waals surface area (Å²) in [5, 5.41) is 2.84. The molecule has 7 heteroatoms. The molecule has 1 amide bonds. The quantitative estimate of drug-likeness (QED) is 0.811. The fourth-order valence-electron chi connectivity index (χ4n) is 2.89. The van der Waals surface area contributed by atoms with Gasteiger partial charge in [-0.05, 0) is 38.3 Å². The second-order valence-corrected chi connectivity index (χ2v) is 8.06. The number of carbonyl (C=O) groups excluding carboxylic acids is 1. The van der Waals surface area contributed by atoms with Crippen molar-refractivity contribution in [2.75, 3.05) is 23.7 Å². The molecule has 1 N–H and O–H groups in total. The van der Waals surface area contributed by atoms with Gasteiger partial charge in [-0.15, -0.1) is 0 Å². The number of nitrogens with one attached hydrogen (secondary N) is 1. The molecule has 1 aliphatic heterocycles. The molecule has 0 bridgehead atoms. The topological polar surface area (TPSA) is 75.7 Å². The first-order chi connectivity index (χ1) is 11.3. The lowest BCUT2D eigenvalue weighted by Crippen LogP contribution is -2.50. The molecule has 6 nitrogen and oxygen atoms in total. The van der Waals surface area contributed by atoms with Crippen LogP contribution in [-0.4, -0.2) is 45.9 Å². The fourth-order valence-corrected chi connectivity index (χ4v) is 4.10. The van der Waals surface area contributed by atoms with Crippen molar-refractivity contribution in [3.05, 3.63) is 29.8 Å². The summed E-state index contributed by atoms with van der Waals surface area (Å²) in [5.74, 6) is -0.293. The molecule has 134 valence electrons. The van der Waals surface area contributed by atoms with Crippen LogP contribution in [0.2, 0.25) is 0 Å². The van der Waals surface area contributed by atoms with E-state index in [9.17, 15) is 13.2 Å². The van der Waals surface area contributed by atoms with Gasteiger partial charge in [0.2, 0.25) is 15.9 Å². The van der Waals surface area contributed by atoms with Crippen LogP contribution in [-0.2, 0) is 19.6 Å². The van der Waals surface area contributed by atoms with Crippen molar-refractivity contribution in [2.45, 2.75) is 45.3 Å². The van der Waals surface area contributed by atoms with Crippen LogP contribution in [0.25, 0.3) is 0 Å². The minimum Gasteiger partial charge on any atom is -0.376 e. The lowest BCUT2D eigenvalue weighted by molar-refractivity contribution is -0.122. The monoisotopic (exact) mass is 354 g/mol. The van der Waals surface area contributed by atoms with Gasteiger partial charge in [-0.3, -0.25) is 9.10 Å². The van der Waals surface area contributed by atoms with Crippen LogP contribution in [0.4, 0.5) is 5.69 Å². The number of aryl methyl sites for hydroxylation is 1. The molecule has 1 aromatic rings. The third-order valence-electron chi connectivity index (χ3n) is 4.15. The highest BCUT2D eigenvalue weighted by Crippen LogP contribution is 2.23. The van der Waals surface area contributed by atoms with Gasteiger partial charge in [0.25, 0.3) is 0 Å². The van der Waals surface area contributed by atoms with Crippen LogP contribution >= 0.6 is 0 Å². The molecular weight excluding hydrogens is 328 g/mol. The van der Waals surface area contributed by atoms with Crippen molar-refractivity contribution in [3.8, 4) is 0 Å². The maximum atomic E-state index is 12.6. The Labute approximate surface area is 144 Å². The Kier molecular flexibility index (Phi) is 6.23. The SMILES string of the molecule is CCC(C(=O)NCC1CCCO1)N(c1ccc(C)cc1)S(C)(=O)=O. The lowest BCUT2D eigenvalue weighted by Gasteiger charge is -2.30. The number of sulfonamides is 1. The first-order valence-corrected chi connectivity index (χ1v) is 10.1. The van der Waals surface area contributed by atoms with E-state index in [1.165, 1.54) is 4.31 Å². The summed E-state index contributed by atoms with van der Waals surface area (Å²) in [6.45, 7) is 4.88. The van der Waals surface area contributed by atoms with Crippen LogP contribution in [0.1, 0.15) is 31.7 Å². The number of hydrogen-bond acceptors (Lipinski definition) is 4. The summed E-state index contributed by atoms with van der Waals surface area (Å²) in [6, 6.07) is 6.36. The van der Waals surface area contributed by atoms with Crippen molar-refractivity contribution < 1.29 is 17.9 Å². The number of hydrogen-bond donors (Lipinski definition) is 1. The third-order valence-corrected chi connectivity index (χ3v) is 5.33. The minimum atomic E-state index is -3.58. The molecule has 2 unspecified atom stereocenters. The van der Waals surface area contributed by atoms with Crippen LogP contribution in [0.15, 0.2) is 24.3 Å². The summed E-state index contributed by atoms with van der Waals surface area (Å²) in [6.07, 6.45) is 3.46. The van der Waals surface area contributed by atoms with Gasteiger partial charge in [-0.1, -0.05) is 24.6 Å². The summed E-state index contributed by atoms with van der Waals surface area (Å²) < 4.78 is 31.3. The molecule has 2 rings (SSSR count). The Bertz CT molecular complexity index is 652. The van der Waals surface area contributed by atoms with E-state index in [0.717, 1.165) is 31.3 Å². The molecule has 1 heterocycles. The van der Waals surface area contributed by atoms with Gasteiger partial charge in [0.15, 0.2) is 0 Å². The van der Waals surface area contributed by atoms with Gasteiger partial charge in [0.1, 0.15) is 6.04 Å². The largest absolute Gasteiger partial charge is 0.376 e. The number of carbonyl (C=O) groups is 1. The maximum absolute atomic E-state index is 12.6. The Morgan fingerprint density at radius 2 is 2.04 bits per heavy atom. The van der Waals surface area contributed by atoms with Crippen molar-refractivity contribution in [1.29, 1.82) is 0 Å². The molecule has 24 heavy (non-hydrogen) atoms. The molecule has 1 aliphatic rings. The van der Waals surface area contributed by atoms with Gasteiger partial charge in [0.05, 0.1) is 18.0 Å². The molecule has 0 saturated carbocycles.